The van der Waals surface area contributed by atoms with Crippen molar-refractivity contribution in [1.29, 1.82) is 0 Å². The molecule has 3 rings (SSSR count). The van der Waals surface area contributed by atoms with E-state index >= 15 is 0 Å². The number of anilines is 1. The Balaban J connectivity index is 1.75. The molecule has 1 N–H and O–H groups in total. The highest BCUT2D eigenvalue weighted by atomic mass is 19.1. The number of halogens is 1. The normalized spacial score (nSPS) is 16.1. The highest BCUT2D eigenvalue weighted by Gasteiger charge is 2.36. The van der Waals surface area contributed by atoms with Crippen LogP contribution in [0.15, 0.2) is 48.5 Å². The highest BCUT2D eigenvalue weighted by molar-refractivity contribution is 6.02. The van der Waals surface area contributed by atoms with Crippen molar-refractivity contribution in [3.05, 3.63) is 65.5 Å². The third-order valence-electron chi connectivity index (χ3n) is 4.03. The van der Waals surface area contributed by atoms with Gasteiger partial charge in [-0.2, -0.15) is 0 Å². The molecule has 0 fully saturated rings. The van der Waals surface area contributed by atoms with E-state index in [1.54, 1.807) is 18.2 Å². The first-order valence-electron chi connectivity index (χ1n) is 7.46. The second kappa shape index (κ2) is 6.20. The van der Waals surface area contributed by atoms with E-state index in [1.807, 2.05) is 24.3 Å². The molecular formula is C18H17FN2O2. The number of rotatable bonds is 3. The van der Waals surface area contributed by atoms with Crippen molar-refractivity contribution < 1.29 is 14.0 Å². The lowest BCUT2D eigenvalue weighted by Crippen LogP contribution is -2.47. The maximum absolute atomic E-state index is 13.6. The molecule has 0 saturated heterocycles. The van der Waals surface area contributed by atoms with Crippen LogP contribution in [0.5, 0.6) is 0 Å². The molecule has 1 atom stereocenters. The number of hydrogen-bond donors (Lipinski definition) is 1. The SMILES string of the molecule is CC(=O)N1c2ccccc2CC1C(=O)NCc1ccccc1F. The minimum Gasteiger partial charge on any atom is -0.350 e. The summed E-state index contributed by atoms with van der Waals surface area (Å²) in [7, 11) is 0. The fourth-order valence-electron chi connectivity index (χ4n) is 2.93. The monoisotopic (exact) mass is 312 g/mol. The number of benzene rings is 2. The first-order chi connectivity index (χ1) is 11.1. The van der Waals surface area contributed by atoms with Gasteiger partial charge in [0.05, 0.1) is 0 Å². The second-order valence-electron chi connectivity index (χ2n) is 5.55. The molecule has 2 amide bonds. The quantitative estimate of drug-likeness (QED) is 0.946. The van der Waals surface area contributed by atoms with E-state index in [9.17, 15) is 14.0 Å². The van der Waals surface area contributed by atoms with Crippen molar-refractivity contribution in [3.63, 3.8) is 0 Å². The molecule has 0 radical (unpaired) electrons. The van der Waals surface area contributed by atoms with Crippen LogP contribution in [0.1, 0.15) is 18.1 Å². The predicted molar refractivity (Wildman–Crippen MR) is 85.3 cm³/mol. The first-order valence-corrected chi connectivity index (χ1v) is 7.46. The summed E-state index contributed by atoms with van der Waals surface area (Å²) in [6.45, 7) is 1.54. The fourth-order valence-corrected chi connectivity index (χ4v) is 2.93. The standard InChI is InChI=1S/C18H17FN2O2/c1-12(22)21-16-9-5-3-6-13(16)10-17(21)18(23)20-11-14-7-2-4-8-15(14)19/h2-9,17H,10-11H2,1H3,(H,20,23). The molecule has 1 heterocycles. The third-order valence-corrected chi connectivity index (χ3v) is 4.03. The number of carbonyl (C=O) groups excluding carboxylic acids is 2. The van der Waals surface area contributed by atoms with Crippen molar-refractivity contribution in [3.8, 4) is 0 Å². The minimum atomic E-state index is -0.586. The van der Waals surface area contributed by atoms with Gasteiger partial charge in [-0.05, 0) is 17.7 Å². The average molecular weight is 312 g/mol. The van der Waals surface area contributed by atoms with Crippen LogP contribution < -0.4 is 10.2 Å². The molecule has 0 saturated carbocycles. The van der Waals surface area contributed by atoms with Crippen LogP contribution in [0, 0.1) is 5.82 Å². The van der Waals surface area contributed by atoms with Crippen LogP contribution >= 0.6 is 0 Å². The van der Waals surface area contributed by atoms with Crippen LogP contribution in [0.2, 0.25) is 0 Å². The molecule has 1 aliphatic rings. The topological polar surface area (TPSA) is 49.4 Å². The molecule has 2 aromatic carbocycles. The molecule has 1 aliphatic heterocycles. The molecule has 1 unspecified atom stereocenters. The van der Waals surface area contributed by atoms with Crippen LogP contribution in [-0.4, -0.2) is 17.9 Å². The summed E-state index contributed by atoms with van der Waals surface area (Å²) in [6, 6.07) is 13.2. The summed E-state index contributed by atoms with van der Waals surface area (Å²) >= 11 is 0. The Labute approximate surface area is 133 Å². The fraction of sp³-hybridized carbons (Fsp3) is 0.222. The van der Waals surface area contributed by atoms with Gasteiger partial charge < -0.3 is 5.32 Å². The molecule has 2 aromatic rings. The molecule has 118 valence electrons. The lowest BCUT2D eigenvalue weighted by molar-refractivity contribution is -0.125. The Hall–Kier alpha value is -2.69. The number of hydrogen-bond acceptors (Lipinski definition) is 2. The lowest BCUT2D eigenvalue weighted by Gasteiger charge is -2.23. The first kappa shape index (κ1) is 15.2. The zero-order valence-corrected chi connectivity index (χ0v) is 12.8. The zero-order chi connectivity index (χ0) is 16.4. The third kappa shape index (κ3) is 2.95. The van der Waals surface area contributed by atoms with Gasteiger partial charge in [-0.3, -0.25) is 14.5 Å². The average Bonchev–Trinajstić information content (AvgIpc) is 2.93. The number of fused-ring (bicyclic) bond motifs is 1. The predicted octanol–water partition coefficient (Wildman–Crippen LogP) is 2.42. The molecular weight excluding hydrogens is 295 g/mol. The lowest BCUT2D eigenvalue weighted by atomic mass is 10.1. The summed E-state index contributed by atoms with van der Waals surface area (Å²) in [6.07, 6.45) is 0.471. The molecule has 4 nitrogen and oxygen atoms in total. The van der Waals surface area contributed by atoms with Crippen LogP contribution in [0.3, 0.4) is 0 Å². The molecule has 0 bridgehead atoms. The van der Waals surface area contributed by atoms with Gasteiger partial charge in [-0.15, -0.1) is 0 Å². The van der Waals surface area contributed by atoms with Gasteiger partial charge in [0.1, 0.15) is 11.9 Å². The van der Waals surface area contributed by atoms with Gasteiger partial charge in [0.15, 0.2) is 0 Å². The number of amides is 2. The van der Waals surface area contributed by atoms with Crippen LogP contribution in [-0.2, 0) is 22.6 Å². The Morgan fingerprint density at radius 2 is 1.87 bits per heavy atom. The summed E-state index contributed by atoms with van der Waals surface area (Å²) < 4.78 is 13.6. The van der Waals surface area contributed by atoms with Gasteiger partial charge in [-0.25, -0.2) is 4.39 Å². The van der Waals surface area contributed by atoms with Crippen molar-refractivity contribution >= 4 is 17.5 Å². The molecule has 0 aliphatic carbocycles. The zero-order valence-electron chi connectivity index (χ0n) is 12.8. The Bertz CT molecular complexity index is 760. The van der Waals surface area contributed by atoms with E-state index in [-0.39, 0.29) is 24.2 Å². The largest absolute Gasteiger partial charge is 0.350 e. The molecule has 5 heteroatoms. The number of carbonyl (C=O) groups is 2. The van der Waals surface area contributed by atoms with Crippen molar-refractivity contribution in [2.75, 3.05) is 4.90 Å². The number of para-hydroxylation sites is 1. The van der Waals surface area contributed by atoms with Crippen LogP contribution in [0.25, 0.3) is 0 Å². The van der Waals surface area contributed by atoms with Gasteiger partial charge in [-0.1, -0.05) is 36.4 Å². The van der Waals surface area contributed by atoms with Crippen molar-refractivity contribution in [2.24, 2.45) is 0 Å². The van der Waals surface area contributed by atoms with E-state index in [0.29, 0.717) is 12.0 Å². The summed E-state index contributed by atoms with van der Waals surface area (Å²) in [5.41, 5.74) is 2.16. The van der Waals surface area contributed by atoms with Gasteiger partial charge in [0.25, 0.3) is 0 Å². The van der Waals surface area contributed by atoms with Gasteiger partial charge >= 0.3 is 0 Å². The van der Waals surface area contributed by atoms with E-state index in [0.717, 1.165) is 11.3 Å². The summed E-state index contributed by atoms with van der Waals surface area (Å²) in [5, 5.41) is 2.73. The van der Waals surface area contributed by atoms with E-state index in [2.05, 4.69) is 5.32 Å². The number of nitrogens with one attached hydrogen (secondary N) is 1. The van der Waals surface area contributed by atoms with E-state index in [4.69, 9.17) is 0 Å². The maximum atomic E-state index is 13.6. The summed E-state index contributed by atoms with van der Waals surface area (Å²) in [5.74, 6) is -0.813. The Morgan fingerprint density at radius 3 is 2.61 bits per heavy atom. The molecule has 0 aromatic heterocycles. The van der Waals surface area contributed by atoms with Gasteiger partial charge in [0, 0.05) is 31.1 Å². The molecule has 23 heavy (non-hydrogen) atoms. The summed E-state index contributed by atoms with van der Waals surface area (Å²) in [4.78, 5) is 25.9. The minimum absolute atomic E-state index is 0.101. The van der Waals surface area contributed by atoms with E-state index in [1.165, 1.54) is 17.9 Å². The van der Waals surface area contributed by atoms with Crippen molar-refractivity contribution in [2.45, 2.75) is 25.9 Å². The van der Waals surface area contributed by atoms with Crippen molar-refractivity contribution in [1.82, 2.24) is 5.32 Å². The second-order valence-corrected chi connectivity index (χ2v) is 5.55. The Kier molecular flexibility index (Phi) is 4.10. The van der Waals surface area contributed by atoms with E-state index < -0.39 is 6.04 Å². The Morgan fingerprint density at radius 1 is 1.17 bits per heavy atom. The molecule has 0 spiro atoms. The highest BCUT2D eigenvalue weighted by Crippen LogP contribution is 2.32. The van der Waals surface area contributed by atoms with Crippen LogP contribution in [0.4, 0.5) is 10.1 Å². The number of nitrogens with zero attached hydrogens (tertiary/aromatic N) is 1. The smallest absolute Gasteiger partial charge is 0.243 e. The maximum Gasteiger partial charge on any atom is 0.243 e. The van der Waals surface area contributed by atoms with Gasteiger partial charge in [0.2, 0.25) is 11.8 Å².